The third-order valence-corrected chi connectivity index (χ3v) is 4.93. The quantitative estimate of drug-likeness (QED) is 0.486. The smallest absolute Gasteiger partial charge is 0.224 e. The van der Waals surface area contributed by atoms with Crippen LogP contribution in [0.4, 0.5) is 17.6 Å². The van der Waals surface area contributed by atoms with Gasteiger partial charge in [-0.3, -0.25) is 5.10 Å². The Bertz CT molecular complexity index is 1090. The highest BCUT2D eigenvalue weighted by atomic mass is 15.2. The van der Waals surface area contributed by atoms with Crippen molar-refractivity contribution in [3.63, 3.8) is 0 Å². The van der Waals surface area contributed by atoms with Crippen LogP contribution in [0.15, 0.2) is 48.8 Å². The van der Waals surface area contributed by atoms with E-state index in [0.717, 1.165) is 11.6 Å². The number of aryl methyl sites for hydroxylation is 1. The van der Waals surface area contributed by atoms with Crippen LogP contribution in [0.1, 0.15) is 30.0 Å². The van der Waals surface area contributed by atoms with E-state index in [1.165, 1.54) is 35.0 Å². The van der Waals surface area contributed by atoms with E-state index in [1.54, 1.807) is 6.20 Å². The van der Waals surface area contributed by atoms with Gasteiger partial charge in [-0.25, -0.2) is 4.98 Å². The van der Waals surface area contributed by atoms with Crippen molar-refractivity contribution >= 4 is 28.5 Å². The fourth-order valence-electron chi connectivity index (χ4n) is 3.27. The third-order valence-electron chi connectivity index (χ3n) is 4.93. The highest BCUT2D eigenvalue weighted by Gasteiger charge is 2.25. The summed E-state index contributed by atoms with van der Waals surface area (Å²) in [5, 5.41) is 15.2. The van der Waals surface area contributed by atoms with Crippen LogP contribution in [-0.4, -0.2) is 24.7 Å². The molecule has 1 fully saturated rings. The molecular formula is C20H21N7. The zero-order valence-corrected chi connectivity index (χ0v) is 15.1. The standard InChI is InChI=1S/C20H21N7/c1-27-9-7-15-10-13(2-5-17(15)27)12-22-20-21-8-6-18(24-20)23-19-11-16(25-26-19)14-3-4-14/h2,5-11,14H,3-4,12H2,1H3,(H3,21,22,23,24,25,26). The van der Waals surface area contributed by atoms with E-state index < -0.39 is 0 Å². The van der Waals surface area contributed by atoms with Crippen LogP contribution in [-0.2, 0) is 13.6 Å². The average Bonchev–Trinajstić information content (AvgIpc) is 3.33. The van der Waals surface area contributed by atoms with Gasteiger partial charge < -0.3 is 15.2 Å². The first-order chi connectivity index (χ1) is 13.2. The van der Waals surface area contributed by atoms with Crippen LogP contribution in [0.2, 0.25) is 0 Å². The van der Waals surface area contributed by atoms with E-state index in [9.17, 15) is 0 Å². The Balaban J connectivity index is 1.26. The van der Waals surface area contributed by atoms with E-state index in [1.807, 2.05) is 6.07 Å². The van der Waals surface area contributed by atoms with Crippen molar-refractivity contribution in [2.24, 2.45) is 7.05 Å². The molecule has 1 aliphatic carbocycles. The maximum absolute atomic E-state index is 4.53. The van der Waals surface area contributed by atoms with Gasteiger partial charge in [0.2, 0.25) is 5.95 Å². The molecule has 0 spiro atoms. The fourth-order valence-corrected chi connectivity index (χ4v) is 3.27. The third kappa shape index (κ3) is 3.36. The minimum atomic E-state index is 0.589. The Morgan fingerprint density at radius 2 is 2.07 bits per heavy atom. The van der Waals surface area contributed by atoms with Crippen molar-refractivity contribution < 1.29 is 0 Å². The fraction of sp³-hybridized carbons (Fsp3) is 0.250. The largest absolute Gasteiger partial charge is 0.351 e. The summed E-state index contributed by atoms with van der Waals surface area (Å²) in [7, 11) is 2.06. The lowest BCUT2D eigenvalue weighted by Gasteiger charge is -2.07. The van der Waals surface area contributed by atoms with Crippen LogP contribution in [0.25, 0.3) is 10.9 Å². The summed E-state index contributed by atoms with van der Waals surface area (Å²) in [6, 6.07) is 12.5. The van der Waals surface area contributed by atoms with Gasteiger partial charge in [0, 0.05) is 49.2 Å². The zero-order valence-electron chi connectivity index (χ0n) is 15.1. The molecule has 5 rings (SSSR count). The van der Waals surface area contributed by atoms with Crippen molar-refractivity contribution in [3.8, 4) is 0 Å². The Kier molecular flexibility index (Phi) is 3.78. The summed E-state index contributed by atoms with van der Waals surface area (Å²) < 4.78 is 2.12. The van der Waals surface area contributed by atoms with E-state index in [-0.39, 0.29) is 0 Å². The van der Waals surface area contributed by atoms with Gasteiger partial charge in [-0.15, -0.1) is 0 Å². The molecule has 3 heterocycles. The predicted octanol–water partition coefficient (Wildman–Crippen LogP) is 3.92. The Labute approximate surface area is 156 Å². The number of aromatic nitrogens is 5. The number of H-pyrrole nitrogens is 1. The number of rotatable bonds is 6. The molecule has 1 saturated carbocycles. The number of aromatic amines is 1. The van der Waals surface area contributed by atoms with Crippen molar-refractivity contribution in [1.82, 2.24) is 24.7 Å². The van der Waals surface area contributed by atoms with Crippen molar-refractivity contribution in [3.05, 3.63) is 60.0 Å². The monoisotopic (exact) mass is 359 g/mol. The highest BCUT2D eigenvalue weighted by Crippen LogP contribution is 2.39. The summed E-state index contributed by atoms with van der Waals surface area (Å²) in [5.41, 5.74) is 3.61. The lowest BCUT2D eigenvalue weighted by atomic mass is 10.1. The average molecular weight is 359 g/mol. The molecule has 0 radical (unpaired) electrons. The van der Waals surface area contributed by atoms with Crippen LogP contribution >= 0.6 is 0 Å². The SMILES string of the molecule is Cn1ccc2cc(CNc3nccc(Nc4cc(C5CC5)[nH]n4)n3)ccc21. The van der Waals surface area contributed by atoms with Gasteiger partial charge in [0.05, 0.1) is 0 Å². The molecule has 7 nitrogen and oxygen atoms in total. The van der Waals surface area contributed by atoms with E-state index >= 15 is 0 Å². The number of fused-ring (bicyclic) bond motifs is 1. The topological polar surface area (TPSA) is 83.5 Å². The molecule has 0 amide bonds. The molecular weight excluding hydrogens is 338 g/mol. The minimum Gasteiger partial charge on any atom is -0.351 e. The van der Waals surface area contributed by atoms with E-state index in [4.69, 9.17) is 0 Å². The number of hydrogen-bond donors (Lipinski definition) is 3. The molecule has 0 atom stereocenters. The van der Waals surface area contributed by atoms with Gasteiger partial charge in [-0.2, -0.15) is 10.1 Å². The Hall–Kier alpha value is -3.35. The molecule has 0 unspecified atom stereocenters. The first-order valence-corrected chi connectivity index (χ1v) is 9.18. The van der Waals surface area contributed by atoms with Crippen LogP contribution in [0, 0.1) is 0 Å². The summed E-state index contributed by atoms with van der Waals surface area (Å²) >= 11 is 0. The molecule has 0 bridgehead atoms. The van der Waals surface area contributed by atoms with E-state index in [0.29, 0.717) is 18.4 Å². The second kappa shape index (κ2) is 6.42. The summed E-state index contributed by atoms with van der Waals surface area (Å²) in [6.45, 7) is 0.669. The number of anilines is 3. The van der Waals surface area contributed by atoms with Gasteiger partial charge >= 0.3 is 0 Å². The lowest BCUT2D eigenvalue weighted by Crippen LogP contribution is -2.05. The van der Waals surface area contributed by atoms with Crippen molar-refractivity contribution in [1.29, 1.82) is 0 Å². The first-order valence-electron chi connectivity index (χ1n) is 9.18. The number of benzene rings is 1. The Morgan fingerprint density at radius 3 is 2.96 bits per heavy atom. The number of nitrogens with zero attached hydrogens (tertiary/aromatic N) is 4. The molecule has 1 aliphatic rings. The maximum Gasteiger partial charge on any atom is 0.224 e. The maximum atomic E-state index is 4.53. The van der Waals surface area contributed by atoms with Crippen molar-refractivity contribution in [2.75, 3.05) is 10.6 Å². The number of nitrogens with one attached hydrogen (secondary N) is 3. The summed E-state index contributed by atoms with van der Waals surface area (Å²) in [4.78, 5) is 8.84. The van der Waals surface area contributed by atoms with Gasteiger partial charge in [-0.1, -0.05) is 6.07 Å². The van der Waals surface area contributed by atoms with Crippen LogP contribution in [0.5, 0.6) is 0 Å². The molecule has 7 heteroatoms. The molecule has 1 aromatic carbocycles. The zero-order chi connectivity index (χ0) is 18.2. The molecule has 3 N–H and O–H groups in total. The van der Waals surface area contributed by atoms with Gasteiger partial charge in [-0.05, 0) is 48.1 Å². The lowest BCUT2D eigenvalue weighted by molar-refractivity contribution is 0.966. The highest BCUT2D eigenvalue weighted by molar-refractivity contribution is 5.80. The van der Waals surface area contributed by atoms with Crippen LogP contribution in [0.3, 0.4) is 0 Å². The molecule has 27 heavy (non-hydrogen) atoms. The van der Waals surface area contributed by atoms with Crippen molar-refractivity contribution in [2.45, 2.75) is 25.3 Å². The molecule has 4 aromatic rings. The van der Waals surface area contributed by atoms with Gasteiger partial charge in [0.1, 0.15) is 5.82 Å². The molecule has 0 saturated heterocycles. The van der Waals surface area contributed by atoms with Gasteiger partial charge in [0.25, 0.3) is 0 Å². The molecule has 3 aromatic heterocycles. The first kappa shape index (κ1) is 15.9. The normalized spacial score (nSPS) is 13.8. The van der Waals surface area contributed by atoms with Crippen LogP contribution < -0.4 is 10.6 Å². The second-order valence-electron chi connectivity index (χ2n) is 7.05. The summed E-state index contributed by atoms with van der Waals surface area (Å²) in [5.74, 6) is 2.75. The Morgan fingerprint density at radius 1 is 1.15 bits per heavy atom. The molecule has 136 valence electrons. The second-order valence-corrected chi connectivity index (χ2v) is 7.05. The number of hydrogen-bond acceptors (Lipinski definition) is 5. The molecule has 0 aliphatic heterocycles. The summed E-state index contributed by atoms with van der Waals surface area (Å²) in [6.07, 6.45) is 6.31. The predicted molar refractivity (Wildman–Crippen MR) is 106 cm³/mol. The van der Waals surface area contributed by atoms with E-state index in [2.05, 4.69) is 78.9 Å². The van der Waals surface area contributed by atoms with Gasteiger partial charge in [0.15, 0.2) is 5.82 Å². The minimum absolute atomic E-state index is 0.589.